The van der Waals surface area contributed by atoms with Gasteiger partial charge in [-0.15, -0.1) is 11.8 Å². The number of thioether (sulfide) groups is 1. The van der Waals surface area contributed by atoms with Crippen molar-refractivity contribution >= 4 is 17.7 Å². The molecule has 31 heavy (non-hydrogen) atoms. The van der Waals surface area contributed by atoms with E-state index in [1.54, 1.807) is 53.8 Å². The molecule has 0 saturated heterocycles. The average molecular weight is 439 g/mol. The van der Waals surface area contributed by atoms with Crippen molar-refractivity contribution in [2.24, 2.45) is 4.99 Å². The molecule has 0 spiro atoms. The fourth-order valence-electron chi connectivity index (χ4n) is 2.96. The number of benzene rings is 2. The second-order valence-electron chi connectivity index (χ2n) is 6.99. The standard InChI is InChI=1S/C24H27FN4OS/c1-26-24(27-14-4-16-31-22-12-10-21(25)11-13-22)28-17-19-6-8-20(9-7-19)18-29-15-3-2-5-23(29)30/h2-3,5-13,15H,4,14,16-18H2,1H3,(H2,26,27,28). The molecule has 0 atom stereocenters. The third kappa shape index (κ3) is 7.61. The fourth-order valence-corrected chi connectivity index (χ4v) is 3.81. The lowest BCUT2D eigenvalue weighted by molar-refractivity contribution is 0.626. The molecule has 0 aliphatic heterocycles. The Labute approximate surface area is 186 Å². The maximum atomic E-state index is 12.9. The van der Waals surface area contributed by atoms with Gasteiger partial charge in [0.15, 0.2) is 5.96 Å². The normalized spacial score (nSPS) is 11.4. The largest absolute Gasteiger partial charge is 0.356 e. The molecule has 0 amide bonds. The Morgan fingerprint density at radius 2 is 1.74 bits per heavy atom. The van der Waals surface area contributed by atoms with Crippen molar-refractivity contribution in [3.8, 4) is 0 Å². The Balaban J connectivity index is 1.37. The molecule has 0 radical (unpaired) electrons. The summed E-state index contributed by atoms with van der Waals surface area (Å²) in [4.78, 5) is 17.2. The Kier molecular flexibility index (Phi) is 8.72. The van der Waals surface area contributed by atoms with E-state index in [4.69, 9.17) is 0 Å². The monoisotopic (exact) mass is 438 g/mol. The summed E-state index contributed by atoms with van der Waals surface area (Å²) in [5.41, 5.74) is 2.22. The average Bonchev–Trinajstić information content (AvgIpc) is 2.79. The van der Waals surface area contributed by atoms with Crippen LogP contribution in [0.3, 0.4) is 0 Å². The molecule has 1 aromatic heterocycles. The molecule has 1 heterocycles. The van der Waals surface area contributed by atoms with E-state index in [0.717, 1.165) is 40.7 Å². The summed E-state index contributed by atoms with van der Waals surface area (Å²) < 4.78 is 14.6. The highest BCUT2D eigenvalue weighted by Gasteiger charge is 2.01. The van der Waals surface area contributed by atoms with Crippen LogP contribution < -0.4 is 16.2 Å². The van der Waals surface area contributed by atoms with Crippen molar-refractivity contribution in [1.29, 1.82) is 0 Å². The number of aromatic nitrogens is 1. The number of hydrogen-bond acceptors (Lipinski definition) is 3. The Bertz CT molecular complexity index is 1030. The van der Waals surface area contributed by atoms with Gasteiger partial charge in [0.2, 0.25) is 0 Å². The summed E-state index contributed by atoms with van der Waals surface area (Å²) in [6.45, 7) is 2.03. The third-order valence-corrected chi connectivity index (χ3v) is 5.75. The van der Waals surface area contributed by atoms with Gasteiger partial charge in [-0.3, -0.25) is 9.79 Å². The van der Waals surface area contributed by atoms with Crippen molar-refractivity contribution < 1.29 is 4.39 Å². The number of halogens is 1. The van der Waals surface area contributed by atoms with Gasteiger partial charge >= 0.3 is 0 Å². The minimum absolute atomic E-state index is 0.000757. The van der Waals surface area contributed by atoms with Crippen molar-refractivity contribution in [1.82, 2.24) is 15.2 Å². The van der Waals surface area contributed by atoms with Crippen molar-refractivity contribution in [3.63, 3.8) is 0 Å². The molecule has 0 bridgehead atoms. The van der Waals surface area contributed by atoms with E-state index in [0.29, 0.717) is 13.1 Å². The van der Waals surface area contributed by atoms with Gasteiger partial charge in [0.25, 0.3) is 5.56 Å². The zero-order chi connectivity index (χ0) is 21.9. The smallest absolute Gasteiger partial charge is 0.250 e. The van der Waals surface area contributed by atoms with Crippen LogP contribution in [0.1, 0.15) is 17.5 Å². The fraction of sp³-hybridized carbons (Fsp3) is 0.250. The van der Waals surface area contributed by atoms with E-state index in [2.05, 4.69) is 27.8 Å². The first-order chi connectivity index (χ1) is 15.1. The van der Waals surface area contributed by atoms with Crippen LogP contribution >= 0.6 is 11.8 Å². The van der Waals surface area contributed by atoms with Crippen LogP contribution in [0.4, 0.5) is 4.39 Å². The number of rotatable bonds is 9. The molecular weight excluding hydrogens is 411 g/mol. The van der Waals surface area contributed by atoms with Gasteiger partial charge in [-0.2, -0.15) is 0 Å². The molecule has 5 nitrogen and oxygen atoms in total. The second kappa shape index (κ2) is 12.0. The summed E-state index contributed by atoms with van der Waals surface area (Å²) in [6.07, 6.45) is 2.77. The lowest BCUT2D eigenvalue weighted by Gasteiger charge is -2.12. The maximum absolute atomic E-state index is 12.9. The molecule has 0 unspecified atom stereocenters. The molecule has 0 saturated carbocycles. The molecule has 162 valence electrons. The van der Waals surface area contributed by atoms with Crippen molar-refractivity contribution in [3.05, 3.63) is 100 Å². The Morgan fingerprint density at radius 3 is 2.45 bits per heavy atom. The van der Waals surface area contributed by atoms with Crippen LogP contribution in [0.15, 0.2) is 87.6 Å². The van der Waals surface area contributed by atoms with Gasteiger partial charge in [0, 0.05) is 37.3 Å². The van der Waals surface area contributed by atoms with E-state index in [-0.39, 0.29) is 11.4 Å². The van der Waals surface area contributed by atoms with E-state index in [9.17, 15) is 9.18 Å². The molecular formula is C24H27FN4OS. The molecule has 3 rings (SSSR count). The molecule has 7 heteroatoms. The number of pyridine rings is 1. The van der Waals surface area contributed by atoms with E-state index in [1.807, 2.05) is 18.2 Å². The Hall–Kier alpha value is -3.06. The van der Waals surface area contributed by atoms with Gasteiger partial charge in [-0.25, -0.2) is 4.39 Å². The quantitative estimate of drug-likeness (QED) is 0.230. The van der Waals surface area contributed by atoms with E-state index < -0.39 is 0 Å². The van der Waals surface area contributed by atoms with Gasteiger partial charge in [0.1, 0.15) is 5.82 Å². The van der Waals surface area contributed by atoms with Gasteiger partial charge in [-0.1, -0.05) is 30.3 Å². The Morgan fingerprint density at radius 1 is 1.00 bits per heavy atom. The van der Waals surface area contributed by atoms with Crippen LogP contribution in [-0.4, -0.2) is 29.9 Å². The first-order valence-electron chi connectivity index (χ1n) is 10.2. The number of nitrogens with zero attached hydrogens (tertiary/aromatic N) is 2. The van der Waals surface area contributed by atoms with E-state index in [1.165, 1.54) is 12.1 Å². The summed E-state index contributed by atoms with van der Waals surface area (Å²) in [7, 11) is 1.75. The lowest BCUT2D eigenvalue weighted by atomic mass is 10.1. The van der Waals surface area contributed by atoms with Crippen LogP contribution in [-0.2, 0) is 13.1 Å². The van der Waals surface area contributed by atoms with Crippen LogP contribution in [0, 0.1) is 5.82 Å². The first-order valence-corrected chi connectivity index (χ1v) is 11.2. The van der Waals surface area contributed by atoms with Crippen molar-refractivity contribution in [2.75, 3.05) is 19.3 Å². The highest BCUT2D eigenvalue weighted by molar-refractivity contribution is 7.99. The molecule has 2 aromatic carbocycles. The summed E-state index contributed by atoms with van der Waals surface area (Å²) in [5.74, 6) is 1.50. The predicted molar refractivity (Wildman–Crippen MR) is 126 cm³/mol. The first kappa shape index (κ1) is 22.6. The second-order valence-corrected chi connectivity index (χ2v) is 8.16. The highest BCUT2D eigenvalue weighted by Crippen LogP contribution is 2.18. The number of guanidine groups is 1. The lowest BCUT2D eigenvalue weighted by Crippen LogP contribution is -2.37. The predicted octanol–water partition coefficient (Wildman–Crippen LogP) is 3.88. The number of nitrogens with one attached hydrogen (secondary N) is 2. The number of aliphatic imine (C=N–C) groups is 1. The van der Waals surface area contributed by atoms with Gasteiger partial charge in [-0.05, 0) is 53.6 Å². The topological polar surface area (TPSA) is 58.4 Å². The minimum atomic E-state index is -0.206. The minimum Gasteiger partial charge on any atom is -0.356 e. The summed E-state index contributed by atoms with van der Waals surface area (Å²) in [6, 6.07) is 20.0. The number of hydrogen-bond donors (Lipinski definition) is 2. The van der Waals surface area contributed by atoms with Crippen LogP contribution in [0.2, 0.25) is 0 Å². The van der Waals surface area contributed by atoms with Gasteiger partial charge < -0.3 is 15.2 Å². The van der Waals surface area contributed by atoms with Crippen molar-refractivity contribution in [2.45, 2.75) is 24.4 Å². The van der Waals surface area contributed by atoms with Crippen LogP contribution in [0.5, 0.6) is 0 Å². The zero-order valence-electron chi connectivity index (χ0n) is 17.6. The molecule has 0 fully saturated rings. The molecule has 3 aromatic rings. The highest BCUT2D eigenvalue weighted by atomic mass is 32.2. The van der Waals surface area contributed by atoms with E-state index >= 15 is 0 Å². The summed E-state index contributed by atoms with van der Waals surface area (Å²) in [5, 5.41) is 6.63. The molecule has 2 N–H and O–H groups in total. The maximum Gasteiger partial charge on any atom is 0.250 e. The van der Waals surface area contributed by atoms with Crippen LogP contribution in [0.25, 0.3) is 0 Å². The zero-order valence-corrected chi connectivity index (χ0v) is 18.4. The SMILES string of the molecule is CN=C(NCCCSc1ccc(F)cc1)NCc1ccc(Cn2ccccc2=O)cc1. The molecule has 0 aliphatic carbocycles. The third-order valence-electron chi connectivity index (χ3n) is 4.65. The summed E-state index contributed by atoms with van der Waals surface area (Å²) >= 11 is 1.71. The molecule has 0 aliphatic rings. The van der Waals surface area contributed by atoms with Gasteiger partial charge in [0.05, 0.1) is 6.54 Å².